The van der Waals surface area contributed by atoms with Crippen LogP contribution in [0.5, 0.6) is 0 Å². The molecule has 0 saturated carbocycles. The first-order valence-electron chi connectivity index (χ1n) is 10.0. The summed E-state index contributed by atoms with van der Waals surface area (Å²) in [6.45, 7) is 5.46. The lowest BCUT2D eigenvalue weighted by Gasteiger charge is -2.39. The number of alkyl halides is 3. The molecule has 5 nitrogen and oxygen atoms in total. The molecular formula is C21H28ClF3N2O3. The Bertz CT molecular complexity index is 764. The number of carboxylic acid groups (broad SMARTS) is 1. The molecule has 1 aromatic rings. The van der Waals surface area contributed by atoms with E-state index in [4.69, 9.17) is 16.7 Å². The third kappa shape index (κ3) is 6.35. The minimum absolute atomic E-state index is 0.181. The zero-order chi connectivity index (χ0) is 22.6. The Morgan fingerprint density at radius 2 is 1.87 bits per heavy atom. The second-order valence-corrected chi connectivity index (χ2v) is 8.65. The summed E-state index contributed by atoms with van der Waals surface area (Å²) < 4.78 is 40.5. The molecule has 0 unspecified atom stereocenters. The van der Waals surface area contributed by atoms with E-state index in [-0.39, 0.29) is 17.1 Å². The van der Waals surface area contributed by atoms with Gasteiger partial charge in [0.15, 0.2) is 0 Å². The zero-order valence-electron chi connectivity index (χ0n) is 17.3. The number of benzene rings is 1. The van der Waals surface area contributed by atoms with E-state index in [2.05, 4.69) is 5.32 Å². The van der Waals surface area contributed by atoms with Crippen molar-refractivity contribution >= 4 is 29.2 Å². The maximum atomic E-state index is 13.5. The molecule has 1 fully saturated rings. The van der Waals surface area contributed by atoms with Gasteiger partial charge in [0.25, 0.3) is 0 Å². The second-order valence-electron chi connectivity index (χ2n) is 8.24. The molecule has 1 heterocycles. The Morgan fingerprint density at radius 1 is 1.27 bits per heavy atom. The smallest absolute Gasteiger partial charge is 0.393 e. The van der Waals surface area contributed by atoms with Crippen molar-refractivity contribution in [1.82, 2.24) is 4.90 Å². The molecule has 0 aromatic heterocycles. The number of halogens is 4. The number of carbonyl (C=O) groups is 2. The second kappa shape index (κ2) is 10.0. The average Bonchev–Trinajstić information content (AvgIpc) is 2.65. The van der Waals surface area contributed by atoms with Crippen molar-refractivity contribution in [3.05, 3.63) is 28.8 Å². The molecule has 0 aliphatic carbocycles. The van der Waals surface area contributed by atoms with Crippen LogP contribution in [0.25, 0.3) is 0 Å². The number of likely N-dealkylation sites (tertiary alicyclic amines) is 1. The monoisotopic (exact) mass is 448 g/mol. The van der Waals surface area contributed by atoms with Crippen LogP contribution in [0, 0.1) is 17.8 Å². The van der Waals surface area contributed by atoms with Gasteiger partial charge in [-0.2, -0.15) is 13.2 Å². The molecule has 9 heteroatoms. The van der Waals surface area contributed by atoms with Crippen molar-refractivity contribution in [3.63, 3.8) is 0 Å². The zero-order valence-corrected chi connectivity index (χ0v) is 18.1. The molecule has 2 rings (SSSR count). The molecule has 1 aliphatic heterocycles. The first-order chi connectivity index (χ1) is 13.9. The highest BCUT2D eigenvalue weighted by atomic mass is 35.5. The van der Waals surface area contributed by atoms with Crippen LogP contribution < -0.4 is 5.32 Å². The van der Waals surface area contributed by atoms with Gasteiger partial charge in [-0.05, 0) is 56.0 Å². The number of aliphatic carboxylic acids is 1. The van der Waals surface area contributed by atoms with Gasteiger partial charge in [0.05, 0.1) is 22.5 Å². The third-order valence-electron chi connectivity index (χ3n) is 5.72. The molecule has 1 amide bonds. The molecule has 1 aliphatic rings. The number of anilines is 1. The van der Waals surface area contributed by atoms with E-state index in [1.54, 1.807) is 17.9 Å². The fraction of sp³-hybridized carbons (Fsp3) is 0.619. The van der Waals surface area contributed by atoms with E-state index in [0.29, 0.717) is 24.6 Å². The standard InChI is InChI=1S/C21H28ClF3N2O3/c1-12-6-8-27(9-7-12)18(14(3)21(23,24)25)19(28)26-17-11-15(4-5-16(17)22)10-13(2)20(29)30/h4-5,11-14,18H,6-10H2,1-3H3,(H,26,28)(H,29,30)/t13-,14+,18+/m0/s1. The molecular weight excluding hydrogens is 421 g/mol. The molecule has 0 spiro atoms. The third-order valence-corrected chi connectivity index (χ3v) is 6.05. The van der Waals surface area contributed by atoms with Crippen LogP contribution in [0.3, 0.4) is 0 Å². The van der Waals surface area contributed by atoms with Crippen LogP contribution in [0.4, 0.5) is 18.9 Å². The first kappa shape index (κ1) is 24.5. The molecule has 168 valence electrons. The van der Waals surface area contributed by atoms with E-state index >= 15 is 0 Å². The molecule has 2 N–H and O–H groups in total. The number of hydrogen-bond acceptors (Lipinski definition) is 3. The average molecular weight is 449 g/mol. The number of nitrogens with one attached hydrogen (secondary N) is 1. The molecule has 30 heavy (non-hydrogen) atoms. The molecule has 1 saturated heterocycles. The van der Waals surface area contributed by atoms with E-state index in [9.17, 15) is 22.8 Å². The minimum atomic E-state index is -4.52. The lowest BCUT2D eigenvalue weighted by molar-refractivity contribution is -0.189. The first-order valence-corrected chi connectivity index (χ1v) is 10.4. The summed E-state index contributed by atoms with van der Waals surface area (Å²) in [5.41, 5.74) is 0.804. The van der Waals surface area contributed by atoms with Gasteiger partial charge in [0, 0.05) is 0 Å². The van der Waals surface area contributed by atoms with Gasteiger partial charge in [-0.25, -0.2) is 0 Å². The van der Waals surface area contributed by atoms with Gasteiger partial charge in [0.1, 0.15) is 6.04 Å². The maximum absolute atomic E-state index is 13.5. The van der Waals surface area contributed by atoms with Gasteiger partial charge in [-0.1, -0.05) is 38.4 Å². The Hall–Kier alpha value is -1.80. The number of hydrogen-bond donors (Lipinski definition) is 2. The highest BCUT2D eigenvalue weighted by Crippen LogP contribution is 2.34. The summed E-state index contributed by atoms with van der Waals surface area (Å²) in [5.74, 6) is -3.81. The highest BCUT2D eigenvalue weighted by Gasteiger charge is 2.47. The van der Waals surface area contributed by atoms with Crippen molar-refractivity contribution in [2.24, 2.45) is 17.8 Å². The topological polar surface area (TPSA) is 69.6 Å². The van der Waals surface area contributed by atoms with Gasteiger partial charge in [0.2, 0.25) is 5.91 Å². The number of nitrogens with zero attached hydrogens (tertiary/aromatic N) is 1. The van der Waals surface area contributed by atoms with Gasteiger partial charge < -0.3 is 10.4 Å². The number of piperidine rings is 1. The highest BCUT2D eigenvalue weighted by molar-refractivity contribution is 6.33. The summed E-state index contributed by atoms with van der Waals surface area (Å²) in [4.78, 5) is 25.6. The lowest BCUT2D eigenvalue weighted by atomic mass is 9.92. The van der Waals surface area contributed by atoms with Crippen molar-refractivity contribution < 1.29 is 27.9 Å². The lowest BCUT2D eigenvalue weighted by Crippen LogP contribution is -2.54. The van der Waals surface area contributed by atoms with Crippen LogP contribution in [0.1, 0.15) is 39.2 Å². The quantitative estimate of drug-likeness (QED) is 0.626. The summed E-state index contributed by atoms with van der Waals surface area (Å²) in [7, 11) is 0. The molecule has 1 aromatic carbocycles. The van der Waals surface area contributed by atoms with Gasteiger partial charge in [-0.3, -0.25) is 14.5 Å². The molecule has 3 atom stereocenters. The Balaban J connectivity index is 2.25. The number of rotatable bonds is 7. The molecule has 0 bridgehead atoms. The Kier molecular flexibility index (Phi) is 8.16. The molecule has 0 radical (unpaired) electrons. The largest absolute Gasteiger partial charge is 0.481 e. The van der Waals surface area contributed by atoms with E-state index in [1.807, 2.05) is 6.92 Å². The number of amides is 1. The van der Waals surface area contributed by atoms with Crippen LogP contribution >= 0.6 is 11.6 Å². The van der Waals surface area contributed by atoms with Crippen LogP contribution in [0.2, 0.25) is 5.02 Å². The minimum Gasteiger partial charge on any atom is -0.481 e. The van der Waals surface area contributed by atoms with Crippen LogP contribution in [-0.2, 0) is 16.0 Å². The normalized spacial score (nSPS) is 19.2. The van der Waals surface area contributed by atoms with Crippen LogP contribution in [0.15, 0.2) is 18.2 Å². The maximum Gasteiger partial charge on any atom is 0.393 e. The summed E-state index contributed by atoms with van der Waals surface area (Å²) >= 11 is 6.15. The Morgan fingerprint density at radius 3 is 2.40 bits per heavy atom. The van der Waals surface area contributed by atoms with Crippen molar-refractivity contribution in [3.8, 4) is 0 Å². The number of carbonyl (C=O) groups excluding carboxylic acids is 1. The van der Waals surface area contributed by atoms with Crippen molar-refractivity contribution in [2.75, 3.05) is 18.4 Å². The summed E-state index contributed by atoms with van der Waals surface area (Å²) in [5, 5.41) is 11.8. The SMILES string of the molecule is CC1CCN([C@@H](C(=O)Nc2cc(C[C@H](C)C(=O)O)ccc2Cl)[C@@H](C)C(F)(F)F)CC1. The summed E-state index contributed by atoms with van der Waals surface area (Å²) in [6.07, 6.45) is -2.84. The van der Waals surface area contributed by atoms with E-state index in [0.717, 1.165) is 19.8 Å². The van der Waals surface area contributed by atoms with Crippen molar-refractivity contribution in [1.29, 1.82) is 0 Å². The predicted octanol–water partition coefficient (Wildman–Crippen LogP) is 4.84. The number of carboxylic acids is 1. The predicted molar refractivity (Wildman–Crippen MR) is 110 cm³/mol. The fourth-order valence-electron chi connectivity index (χ4n) is 3.64. The van der Waals surface area contributed by atoms with Crippen LogP contribution in [-0.4, -0.2) is 47.2 Å². The fourth-order valence-corrected chi connectivity index (χ4v) is 3.80. The van der Waals surface area contributed by atoms with Gasteiger partial charge >= 0.3 is 12.1 Å². The summed E-state index contributed by atoms with van der Waals surface area (Å²) in [6, 6.07) is 3.30. The van der Waals surface area contributed by atoms with Crippen molar-refractivity contribution in [2.45, 2.75) is 52.3 Å². The van der Waals surface area contributed by atoms with Gasteiger partial charge in [-0.15, -0.1) is 0 Å². The Labute approximate surface area is 179 Å². The van der Waals surface area contributed by atoms with E-state index < -0.39 is 35.9 Å². The van der Waals surface area contributed by atoms with E-state index in [1.165, 1.54) is 12.1 Å².